The van der Waals surface area contributed by atoms with E-state index in [9.17, 15) is 23.1 Å². The molecule has 25 heavy (non-hydrogen) atoms. The molecule has 1 aromatic rings. The van der Waals surface area contributed by atoms with Crippen LogP contribution in [-0.4, -0.2) is 41.0 Å². The summed E-state index contributed by atoms with van der Waals surface area (Å²) in [5.74, 6) is -0.204. The van der Waals surface area contributed by atoms with Gasteiger partial charge in [0.1, 0.15) is 5.75 Å². The van der Waals surface area contributed by atoms with Gasteiger partial charge in [0.2, 0.25) is 0 Å². The van der Waals surface area contributed by atoms with Crippen LogP contribution >= 0.6 is 0 Å². The SMILES string of the molecule is CC[C@@]1(O)CCC[C@@H]2CN(C(=O)c3ccc(OC(F)(F)F)cc3)C[C@@H]21. The van der Waals surface area contributed by atoms with Gasteiger partial charge >= 0.3 is 6.36 Å². The molecule has 0 spiro atoms. The van der Waals surface area contributed by atoms with Crippen LogP contribution in [0.25, 0.3) is 0 Å². The molecule has 1 N–H and O–H groups in total. The summed E-state index contributed by atoms with van der Waals surface area (Å²) in [7, 11) is 0. The largest absolute Gasteiger partial charge is 0.573 e. The molecule has 4 nitrogen and oxygen atoms in total. The van der Waals surface area contributed by atoms with Gasteiger partial charge in [-0.05, 0) is 49.4 Å². The standard InChI is InChI=1S/C18H22F3NO3/c1-2-17(24)9-3-4-13-10-22(11-15(13)17)16(23)12-5-7-14(8-6-12)25-18(19,20)21/h5-8,13,15,24H,2-4,9-11H2,1H3/t13-,15+,17-/m1/s1. The van der Waals surface area contributed by atoms with E-state index in [-0.39, 0.29) is 23.5 Å². The number of aliphatic hydroxyl groups is 1. The van der Waals surface area contributed by atoms with E-state index in [4.69, 9.17) is 0 Å². The third-order valence-electron chi connectivity index (χ3n) is 5.55. The fourth-order valence-corrected chi connectivity index (χ4v) is 4.21. The van der Waals surface area contributed by atoms with Crippen molar-refractivity contribution >= 4 is 5.91 Å². The summed E-state index contributed by atoms with van der Waals surface area (Å²) in [5.41, 5.74) is -0.393. The molecule has 0 bridgehead atoms. The van der Waals surface area contributed by atoms with E-state index in [1.54, 1.807) is 4.90 Å². The van der Waals surface area contributed by atoms with Crippen molar-refractivity contribution in [1.29, 1.82) is 0 Å². The van der Waals surface area contributed by atoms with Gasteiger partial charge in [-0.1, -0.05) is 13.3 Å². The maximum absolute atomic E-state index is 12.7. The van der Waals surface area contributed by atoms with Gasteiger partial charge in [0.15, 0.2) is 0 Å². The Labute approximate surface area is 144 Å². The molecule has 1 saturated carbocycles. The molecule has 1 aliphatic heterocycles. The summed E-state index contributed by atoms with van der Waals surface area (Å²) in [6.07, 6.45) is -1.37. The molecule has 1 amide bonds. The van der Waals surface area contributed by atoms with Gasteiger partial charge in [-0.2, -0.15) is 0 Å². The van der Waals surface area contributed by atoms with Gasteiger partial charge in [0.25, 0.3) is 5.91 Å². The quantitative estimate of drug-likeness (QED) is 0.899. The van der Waals surface area contributed by atoms with Gasteiger partial charge < -0.3 is 14.7 Å². The van der Waals surface area contributed by atoms with Gasteiger partial charge in [0, 0.05) is 24.6 Å². The molecule has 1 heterocycles. The first-order valence-electron chi connectivity index (χ1n) is 8.59. The number of likely N-dealkylation sites (tertiary alicyclic amines) is 1. The van der Waals surface area contributed by atoms with E-state index >= 15 is 0 Å². The lowest BCUT2D eigenvalue weighted by molar-refractivity contribution is -0.274. The number of nitrogens with zero attached hydrogens (tertiary/aromatic N) is 1. The van der Waals surface area contributed by atoms with Crippen LogP contribution in [0.2, 0.25) is 0 Å². The molecule has 138 valence electrons. The molecule has 3 rings (SSSR count). The number of carbonyl (C=O) groups excluding carboxylic acids is 1. The van der Waals surface area contributed by atoms with Crippen LogP contribution in [0.5, 0.6) is 5.75 Å². The minimum absolute atomic E-state index is 0.0723. The Morgan fingerprint density at radius 1 is 1.32 bits per heavy atom. The third kappa shape index (κ3) is 3.76. The van der Waals surface area contributed by atoms with E-state index in [0.29, 0.717) is 25.1 Å². The van der Waals surface area contributed by atoms with Crippen LogP contribution in [0.3, 0.4) is 0 Å². The topological polar surface area (TPSA) is 49.8 Å². The maximum atomic E-state index is 12.7. The highest BCUT2D eigenvalue weighted by atomic mass is 19.4. The second-order valence-corrected chi connectivity index (χ2v) is 7.00. The Kier molecular flexibility index (Phi) is 4.70. The van der Waals surface area contributed by atoms with Crippen molar-refractivity contribution < 1.29 is 27.8 Å². The van der Waals surface area contributed by atoms with Crippen LogP contribution in [0, 0.1) is 11.8 Å². The van der Waals surface area contributed by atoms with Gasteiger partial charge in [-0.3, -0.25) is 4.79 Å². The minimum Gasteiger partial charge on any atom is -0.406 e. The van der Waals surface area contributed by atoms with E-state index in [1.165, 1.54) is 12.1 Å². The van der Waals surface area contributed by atoms with Crippen LogP contribution in [-0.2, 0) is 0 Å². The molecule has 2 aliphatic rings. The van der Waals surface area contributed by atoms with E-state index in [0.717, 1.165) is 31.4 Å². The Balaban J connectivity index is 1.70. The second-order valence-electron chi connectivity index (χ2n) is 7.00. The summed E-state index contributed by atoms with van der Waals surface area (Å²) in [5, 5.41) is 10.8. The molecule has 1 aromatic carbocycles. The Morgan fingerprint density at radius 3 is 2.60 bits per heavy atom. The number of amides is 1. The van der Waals surface area contributed by atoms with Crippen LogP contribution in [0.1, 0.15) is 43.0 Å². The van der Waals surface area contributed by atoms with E-state index in [1.807, 2.05) is 6.92 Å². The molecule has 1 saturated heterocycles. The molecule has 7 heteroatoms. The minimum atomic E-state index is -4.75. The first kappa shape index (κ1) is 18.0. The van der Waals surface area contributed by atoms with E-state index in [2.05, 4.69) is 4.74 Å². The van der Waals surface area contributed by atoms with Crippen molar-refractivity contribution in [3.8, 4) is 5.75 Å². The normalized spacial score (nSPS) is 29.4. The van der Waals surface area contributed by atoms with Crippen LogP contribution in [0.4, 0.5) is 13.2 Å². The second kappa shape index (κ2) is 6.52. The molecule has 0 aromatic heterocycles. The lowest BCUT2D eigenvalue weighted by atomic mass is 9.69. The van der Waals surface area contributed by atoms with Crippen molar-refractivity contribution in [3.63, 3.8) is 0 Å². The van der Waals surface area contributed by atoms with Crippen molar-refractivity contribution in [2.24, 2.45) is 11.8 Å². The number of hydrogen-bond donors (Lipinski definition) is 1. The number of carbonyl (C=O) groups is 1. The highest BCUT2D eigenvalue weighted by Gasteiger charge is 2.48. The Morgan fingerprint density at radius 2 is 2.00 bits per heavy atom. The van der Waals surface area contributed by atoms with Crippen molar-refractivity contribution in [1.82, 2.24) is 4.90 Å². The lowest BCUT2D eigenvalue weighted by Crippen LogP contribution is -2.44. The first-order chi connectivity index (χ1) is 11.7. The first-order valence-corrected chi connectivity index (χ1v) is 8.59. The van der Waals surface area contributed by atoms with Crippen LogP contribution < -0.4 is 4.74 Å². The monoisotopic (exact) mass is 357 g/mol. The van der Waals surface area contributed by atoms with Gasteiger partial charge in [-0.15, -0.1) is 13.2 Å². The zero-order chi connectivity index (χ0) is 18.2. The zero-order valence-electron chi connectivity index (χ0n) is 14.1. The average molecular weight is 357 g/mol. The smallest absolute Gasteiger partial charge is 0.406 e. The summed E-state index contributed by atoms with van der Waals surface area (Å²) in [6, 6.07) is 4.98. The Hall–Kier alpha value is -1.76. The number of benzene rings is 1. The molecular weight excluding hydrogens is 335 g/mol. The van der Waals surface area contributed by atoms with Gasteiger partial charge in [0.05, 0.1) is 5.60 Å². The molecule has 3 atom stereocenters. The third-order valence-corrected chi connectivity index (χ3v) is 5.55. The highest BCUT2D eigenvalue weighted by molar-refractivity contribution is 5.94. The lowest BCUT2D eigenvalue weighted by Gasteiger charge is -2.40. The number of hydrogen-bond acceptors (Lipinski definition) is 3. The number of rotatable bonds is 3. The van der Waals surface area contributed by atoms with Crippen molar-refractivity contribution in [3.05, 3.63) is 29.8 Å². The number of fused-ring (bicyclic) bond motifs is 1. The maximum Gasteiger partial charge on any atom is 0.573 e. The van der Waals surface area contributed by atoms with Gasteiger partial charge in [-0.25, -0.2) is 0 Å². The summed E-state index contributed by atoms with van der Waals surface area (Å²) in [6.45, 7) is 3.05. The number of ether oxygens (including phenoxy) is 1. The predicted octanol–water partition coefficient (Wildman–Crippen LogP) is 3.60. The summed E-state index contributed by atoms with van der Waals surface area (Å²) in [4.78, 5) is 14.4. The predicted molar refractivity (Wildman–Crippen MR) is 85.1 cm³/mol. The molecule has 0 unspecified atom stereocenters. The number of halogens is 3. The number of alkyl halides is 3. The zero-order valence-corrected chi connectivity index (χ0v) is 14.1. The highest BCUT2D eigenvalue weighted by Crippen LogP contribution is 2.44. The van der Waals surface area contributed by atoms with E-state index < -0.39 is 12.0 Å². The molecular formula is C18H22F3NO3. The fourth-order valence-electron chi connectivity index (χ4n) is 4.21. The summed E-state index contributed by atoms with van der Waals surface area (Å²) < 4.78 is 40.4. The average Bonchev–Trinajstić information content (AvgIpc) is 2.99. The van der Waals surface area contributed by atoms with Crippen molar-refractivity contribution in [2.45, 2.75) is 44.6 Å². The Bertz CT molecular complexity index is 631. The van der Waals surface area contributed by atoms with Crippen LogP contribution in [0.15, 0.2) is 24.3 Å². The molecule has 0 radical (unpaired) electrons. The molecule has 1 aliphatic carbocycles. The van der Waals surface area contributed by atoms with Crippen molar-refractivity contribution in [2.75, 3.05) is 13.1 Å². The molecule has 2 fully saturated rings. The summed E-state index contributed by atoms with van der Waals surface area (Å²) >= 11 is 0. The fraction of sp³-hybridized carbons (Fsp3) is 0.611.